The first kappa shape index (κ1) is 18.0. The van der Waals surface area contributed by atoms with Gasteiger partial charge in [-0.05, 0) is 56.4 Å². The molecule has 1 fully saturated rings. The van der Waals surface area contributed by atoms with Crippen LogP contribution in [0.2, 0.25) is 0 Å². The zero-order chi connectivity index (χ0) is 17.9. The third-order valence-electron chi connectivity index (χ3n) is 4.64. The zero-order valence-corrected chi connectivity index (χ0v) is 15.5. The Morgan fingerprint density at radius 1 is 0.960 bits per heavy atom. The van der Waals surface area contributed by atoms with E-state index in [9.17, 15) is 8.42 Å². The van der Waals surface area contributed by atoms with Crippen LogP contribution in [-0.4, -0.2) is 25.8 Å². The van der Waals surface area contributed by atoms with Crippen LogP contribution in [-0.2, 0) is 10.0 Å². The van der Waals surface area contributed by atoms with Gasteiger partial charge in [0.1, 0.15) is 11.9 Å². The molecule has 0 bridgehead atoms. The molecule has 0 amide bonds. The SMILES string of the molecule is CC(C)S(=O)(=O)NC1CCC[C@H]1Oc1ccc(-c2ccccc2)cc1. The van der Waals surface area contributed by atoms with Crippen molar-refractivity contribution in [2.24, 2.45) is 0 Å². The van der Waals surface area contributed by atoms with Gasteiger partial charge in [0, 0.05) is 0 Å². The van der Waals surface area contributed by atoms with Gasteiger partial charge in [-0.25, -0.2) is 13.1 Å². The Balaban J connectivity index is 1.67. The third kappa shape index (κ3) is 4.41. The average molecular weight is 359 g/mol. The highest BCUT2D eigenvalue weighted by atomic mass is 32.2. The first-order chi connectivity index (χ1) is 12.0. The molecule has 0 aromatic heterocycles. The van der Waals surface area contributed by atoms with Gasteiger partial charge in [-0.3, -0.25) is 0 Å². The fourth-order valence-corrected chi connectivity index (χ4v) is 4.04. The summed E-state index contributed by atoms with van der Waals surface area (Å²) in [7, 11) is -3.28. The third-order valence-corrected chi connectivity index (χ3v) is 6.51. The van der Waals surface area contributed by atoms with Crippen molar-refractivity contribution < 1.29 is 13.2 Å². The number of hydrogen-bond donors (Lipinski definition) is 1. The predicted octanol–water partition coefficient (Wildman–Crippen LogP) is 3.98. The van der Waals surface area contributed by atoms with Crippen molar-refractivity contribution >= 4 is 10.0 Å². The highest BCUT2D eigenvalue weighted by molar-refractivity contribution is 7.90. The maximum Gasteiger partial charge on any atom is 0.214 e. The molecule has 1 aliphatic rings. The summed E-state index contributed by atoms with van der Waals surface area (Å²) in [5, 5.41) is -0.432. The molecule has 1 saturated carbocycles. The van der Waals surface area contributed by atoms with Crippen molar-refractivity contribution in [3.05, 3.63) is 54.6 Å². The lowest BCUT2D eigenvalue weighted by Gasteiger charge is -2.23. The van der Waals surface area contributed by atoms with Crippen molar-refractivity contribution in [1.82, 2.24) is 4.72 Å². The normalized spacial score (nSPS) is 20.8. The minimum absolute atomic E-state index is 0.115. The fraction of sp³-hybridized carbons (Fsp3) is 0.400. The summed E-state index contributed by atoms with van der Waals surface area (Å²) < 4.78 is 33.1. The molecule has 3 rings (SSSR count). The monoisotopic (exact) mass is 359 g/mol. The van der Waals surface area contributed by atoms with Crippen LogP contribution in [0.15, 0.2) is 54.6 Å². The second-order valence-electron chi connectivity index (χ2n) is 6.80. The standard InChI is InChI=1S/C20H25NO3S/c1-15(2)25(22,23)21-19-9-6-10-20(19)24-18-13-11-17(12-14-18)16-7-4-3-5-8-16/h3-5,7-8,11-15,19-21H,6,9-10H2,1-2H3/t19?,20-/m1/s1. The highest BCUT2D eigenvalue weighted by Gasteiger charge is 2.33. The summed E-state index contributed by atoms with van der Waals surface area (Å²) in [5.41, 5.74) is 2.30. The smallest absolute Gasteiger partial charge is 0.214 e. The van der Waals surface area contributed by atoms with Gasteiger partial charge in [0.2, 0.25) is 10.0 Å². The second kappa shape index (κ2) is 7.58. The van der Waals surface area contributed by atoms with E-state index in [1.165, 1.54) is 0 Å². The van der Waals surface area contributed by atoms with Gasteiger partial charge in [-0.1, -0.05) is 42.5 Å². The van der Waals surface area contributed by atoms with E-state index < -0.39 is 15.3 Å². The van der Waals surface area contributed by atoms with Crippen LogP contribution in [0.3, 0.4) is 0 Å². The summed E-state index contributed by atoms with van der Waals surface area (Å²) in [6.07, 6.45) is 2.54. The summed E-state index contributed by atoms with van der Waals surface area (Å²) >= 11 is 0. The molecule has 4 nitrogen and oxygen atoms in total. The fourth-order valence-electron chi connectivity index (χ4n) is 3.08. The number of nitrogens with one attached hydrogen (secondary N) is 1. The van der Waals surface area contributed by atoms with Crippen molar-refractivity contribution in [3.8, 4) is 16.9 Å². The molecule has 0 spiro atoms. The lowest BCUT2D eigenvalue weighted by molar-refractivity contribution is 0.185. The van der Waals surface area contributed by atoms with E-state index in [0.717, 1.165) is 36.1 Å². The van der Waals surface area contributed by atoms with Crippen LogP contribution in [0.5, 0.6) is 5.75 Å². The summed E-state index contributed by atoms with van der Waals surface area (Å²) in [6.45, 7) is 3.38. The van der Waals surface area contributed by atoms with E-state index in [-0.39, 0.29) is 12.1 Å². The Bertz CT molecular complexity index is 785. The topological polar surface area (TPSA) is 55.4 Å². The molecular formula is C20H25NO3S. The maximum atomic E-state index is 12.1. The number of sulfonamides is 1. The quantitative estimate of drug-likeness (QED) is 0.849. The molecule has 0 heterocycles. The van der Waals surface area contributed by atoms with Gasteiger partial charge >= 0.3 is 0 Å². The van der Waals surface area contributed by atoms with Gasteiger partial charge in [0.15, 0.2) is 0 Å². The Morgan fingerprint density at radius 3 is 2.24 bits per heavy atom. The molecule has 25 heavy (non-hydrogen) atoms. The van der Waals surface area contributed by atoms with Crippen LogP contribution < -0.4 is 9.46 Å². The van der Waals surface area contributed by atoms with Crippen LogP contribution in [0, 0.1) is 0 Å². The van der Waals surface area contributed by atoms with Crippen molar-refractivity contribution in [3.63, 3.8) is 0 Å². The number of hydrogen-bond acceptors (Lipinski definition) is 3. The van der Waals surface area contributed by atoms with Crippen LogP contribution in [0.4, 0.5) is 0 Å². The zero-order valence-electron chi connectivity index (χ0n) is 14.7. The average Bonchev–Trinajstić information content (AvgIpc) is 3.02. The van der Waals surface area contributed by atoms with E-state index in [1.54, 1.807) is 13.8 Å². The predicted molar refractivity (Wildman–Crippen MR) is 101 cm³/mol. The van der Waals surface area contributed by atoms with Gasteiger partial charge in [0.05, 0.1) is 11.3 Å². The van der Waals surface area contributed by atoms with Crippen LogP contribution >= 0.6 is 0 Å². The highest BCUT2D eigenvalue weighted by Crippen LogP contribution is 2.27. The largest absolute Gasteiger partial charge is 0.489 e. The number of benzene rings is 2. The van der Waals surface area contributed by atoms with Crippen molar-refractivity contribution in [2.75, 3.05) is 0 Å². The molecular weight excluding hydrogens is 334 g/mol. The minimum Gasteiger partial charge on any atom is -0.489 e. The van der Waals surface area contributed by atoms with E-state index in [0.29, 0.717) is 0 Å². The molecule has 0 aliphatic heterocycles. The summed E-state index contributed by atoms with van der Waals surface area (Å²) in [5.74, 6) is 0.778. The first-order valence-electron chi connectivity index (χ1n) is 8.79. The van der Waals surface area contributed by atoms with Crippen molar-refractivity contribution in [1.29, 1.82) is 0 Å². The maximum absolute atomic E-state index is 12.1. The summed E-state index contributed by atoms with van der Waals surface area (Å²) in [6, 6.07) is 18.0. The Labute approximate surface area is 150 Å². The molecule has 0 saturated heterocycles. The first-order valence-corrected chi connectivity index (χ1v) is 10.3. The van der Waals surface area contributed by atoms with E-state index in [1.807, 2.05) is 42.5 Å². The Morgan fingerprint density at radius 2 is 1.60 bits per heavy atom. The molecule has 0 radical (unpaired) electrons. The van der Waals surface area contributed by atoms with Crippen molar-refractivity contribution in [2.45, 2.75) is 50.5 Å². The molecule has 1 unspecified atom stereocenters. The molecule has 2 aromatic rings. The number of rotatable bonds is 6. The molecule has 2 atom stereocenters. The van der Waals surface area contributed by atoms with Gasteiger partial charge < -0.3 is 4.74 Å². The molecule has 5 heteroatoms. The molecule has 134 valence electrons. The number of ether oxygens (including phenoxy) is 1. The lowest BCUT2D eigenvalue weighted by atomic mass is 10.1. The van der Waals surface area contributed by atoms with Gasteiger partial charge in [0.25, 0.3) is 0 Å². The van der Waals surface area contributed by atoms with Gasteiger partial charge in [-0.15, -0.1) is 0 Å². The minimum atomic E-state index is -3.28. The molecule has 1 aliphatic carbocycles. The Kier molecular flexibility index (Phi) is 5.45. The van der Waals surface area contributed by atoms with Crippen LogP contribution in [0.25, 0.3) is 11.1 Å². The Hall–Kier alpha value is -1.85. The van der Waals surface area contributed by atoms with Crippen LogP contribution in [0.1, 0.15) is 33.1 Å². The lowest BCUT2D eigenvalue weighted by Crippen LogP contribution is -2.44. The van der Waals surface area contributed by atoms with E-state index in [4.69, 9.17) is 4.74 Å². The van der Waals surface area contributed by atoms with E-state index >= 15 is 0 Å². The molecule has 2 aromatic carbocycles. The second-order valence-corrected chi connectivity index (χ2v) is 9.06. The summed E-state index contributed by atoms with van der Waals surface area (Å²) in [4.78, 5) is 0. The molecule has 1 N–H and O–H groups in total. The van der Waals surface area contributed by atoms with Gasteiger partial charge in [-0.2, -0.15) is 0 Å². The van der Waals surface area contributed by atoms with E-state index in [2.05, 4.69) is 16.9 Å².